The monoisotopic (exact) mass is 310 g/mol. The Balaban J connectivity index is 1.95. The van der Waals surface area contributed by atoms with Crippen LogP contribution in [0.25, 0.3) is 21.6 Å². The summed E-state index contributed by atoms with van der Waals surface area (Å²) in [5, 5.41) is 10.8. The number of hydroxylamine groups is 1. The molecule has 5 heteroatoms. The van der Waals surface area contributed by atoms with Crippen molar-refractivity contribution in [2.45, 2.75) is 6.42 Å². The van der Waals surface area contributed by atoms with Crippen LogP contribution in [-0.2, 0) is 11.2 Å². The van der Waals surface area contributed by atoms with Gasteiger partial charge in [-0.2, -0.15) is 0 Å². The van der Waals surface area contributed by atoms with Crippen LogP contribution in [0.15, 0.2) is 60.2 Å². The largest absolute Gasteiger partial charge is 0.289 e. The molecule has 0 saturated carbocycles. The summed E-state index contributed by atoms with van der Waals surface area (Å²) in [5.74, 6) is -0.418. The predicted octanol–water partition coefficient (Wildman–Crippen LogP) is 3.53. The molecule has 0 unspecified atom stereocenters. The molecule has 0 radical (unpaired) electrons. The van der Waals surface area contributed by atoms with Crippen LogP contribution in [0.5, 0.6) is 0 Å². The number of carbonyl (C=O) groups is 1. The number of nitrogens with one attached hydrogen (secondary N) is 1. The summed E-state index contributed by atoms with van der Waals surface area (Å²) >= 11 is 1.63. The van der Waals surface area contributed by atoms with Crippen molar-refractivity contribution in [3.05, 3.63) is 65.8 Å². The third kappa shape index (κ3) is 3.05. The lowest BCUT2D eigenvalue weighted by Gasteiger charge is -2.06. The summed E-state index contributed by atoms with van der Waals surface area (Å²) < 4.78 is 0. The fourth-order valence-electron chi connectivity index (χ4n) is 2.30. The van der Waals surface area contributed by atoms with Crippen molar-refractivity contribution in [3.63, 3.8) is 0 Å². The molecular formula is C17H14N2O2S. The molecule has 0 spiro atoms. The first-order valence-corrected chi connectivity index (χ1v) is 7.66. The molecule has 110 valence electrons. The Morgan fingerprint density at radius 2 is 1.91 bits per heavy atom. The van der Waals surface area contributed by atoms with Gasteiger partial charge in [-0.25, -0.2) is 5.48 Å². The Kier molecular flexibility index (Phi) is 4.27. The normalized spacial score (nSPS) is 10.4. The van der Waals surface area contributed by atoms with Crippen LogP contribution in [-0.4, -0.2) is 16.1 Å². The van der Waals surface area contributed by atoms with E-state index in [0.717, 1.165) is 27.1 Å². The van der Waals surface area contributed by atoms with Gasteiger partial charge in [0.25, 0.3) is 0 Å². The van der Waals surface area contributed by atoms with Gasteiger partial charge in [0.05, 0.1) is 6.42 Å². The summed E-state index contributed by atoms with van der Waals surface area (Å²) in [6.07, 6.45) is 3.69. The molecular weight excluding hydrogens is 296 g/mol. The number of pyridine rings is 1. The smallest absolute Gasteiger partial charge is 0.247 e. The first-order valence-electron chi connectivity index (χ1n) is 6.78. The minimum atomic E-state index is -0.418. The molecule has 3 aromatic rings. The van der Waals surface area contributed by atoms with Crippen molar-refractivity contribution in [1.29, 1.82) is 0 Å². The highest BCUT2D eigenvalue weighted by molar-refractivity contribution is 7.14. The zero-order chi connectivity index (χ0) is 15.4. The molecule has 2 aromatic heterocycles. The molecule has 0 aliphatic carbocycles. The van der Waals surface area contributed by atoms with E-state index in [1.165, 1.54) is 0 Å². The van der Waals surface area contributed by atoms with Gasteiger partial charge in [-0.1, -0.05) is 24.3 Å². The van der Waals surface area contributed by atoms with Crippen molar-refractivity contribution >= 4 is 17.2 Å². The van der Waals surface area contributed by atoms with Gasteiger partial charge in [-0.05, 0) is 45.8 Å². The third-order valence-corrected chi connectivity index (χ3v) is 4.34. The second-order valence-electron chi connectivity index (χ2n) is 4.80. The fourth-order valence-corrected chi connectivity index (χ4v) is 3.28. The van der Waals surface area contributed by atoms with E-state index in [2.05, 4.69) is 16.4 Å². The number of thiophene rings is 1. The van der Waals surface area contributed by atoms with Crippen LogP contribution in [0.1, 0.15) is 5.56 Å². The number of hydrogen-bond acceptors (Lipinski definition) is 4. The number of amides is 1. The number of nitrogens with zero attached hydrogens (tertiary/aromatic N) is 1. The quantitative estimate of drug-likeness (QED) is 0.572. The molecule has 1 aromatic carbocycles. The summed E-state index contributed by atoms with van der Waals surface area (Å²) in [6.45, 7) is 0. The second-order valence-corrected chi connectivity index (χ2v) is 5.72. The lowest BCUT2D eigenvalue weighted by molar-refractivity contribution is -0.128. The first-order chi connectivity index (χ1) is 10.8. The molecule has 2 heterocycles. The molecule has 3 rings (SSSR count). The highest BCUT2D eigenvalue weighted by Crippen LogP contribution is 2.34. The maximum Gasteiger partial charge on any atom is 0.247 e. The molecule has 0 fully saturated rings. The molecule has 0 atom stereocenters. The van der Waals surface area contributed by atoms with E-state index < -0.39 is 5.91 Å². The van der Waals surface area contributed by atoms with Crippen LogP contribution < -0.4 is 5.48 Å². The maximum atomic E-state index is 11.4. The van der Waals surface area contributed by atoms with Gasteiger partial charge in [-0.15, -0.1) is 11.3 Å². The van der Waals surface area contributed by atoms with Crippen LogP contribution in [0.4, 0.5) is 0 Å². The van der Waals surface area contributed by atoms with E-state index in [1.807, 2.05) is 36.4 Å². The van der Waals surface area contributed by atoms with Crippen molar-refractivity contribution in [3.8, 4) is 21.6 Å². The van der Waals surface area contributed by atoms with E-state index >= 15 is 0 Å². The lowest BCUT2D eigenvalue weighted by atomic mass is 10.0. The molecule has 0 bridgehead atoms. The van der Waals surface area contributed by atoms with E-state index in [0.29, 0.717) is 0 Å². The number of benzene rings is 1. The minimum Gasteiger partial charge on any atom is -0.289 e. The van der Waals surface area contributed by atoms with Gasteiger partial charge in [0.2, 0.25) is 5.91 Å². The Labute approximate surface area is 132 Å². The Bertz CT molecular complexity index is 784. The minimum absolute atomic E-state index is 0.148. The van der Waals surface area contributed by atoms with Gasteiger partial charge in [0.1, 0.15) is 0 Å². The molecule has 0 aliphatic heterocycles. The number of rotatable bonds is 4. The Hall–Kier alpha value is -2.50. The average molecular weight is 310 g/mol. The molecule has 0 aliphatic rings. The molecule has 4 nitrogen and oxygen atoms in total. The van der Waals surface area contributed by atoms with Gasteiger partial charge in [-0.3, -0.25) is 15.0 Å². The number of aromatic nitrogens is 1. The lowest BCUT2D eigenvalue weighted by Crippen LogP contribution is -2.20. The summed E-state index contributed by atoms with van der Waals surface area (Å²) in [4.78, 5) is 16.5. The third-order valence-electron chi connectivity index (χ3n) is 3.37. The topological polar surface area (TPSA) is 62.2 Å². The highest BCUT2D eigenvalue weighted by atomic mass is 32.1. The van der Waals surface area contributed by atoms with Crippen molar-refractivity contribution < 1.29 is 10.0 Å². The second kappa shape index (κ2) is 6.51. The molecule has 0 saturated heterocycles. The number of hydrogen-bond donors (Lipinski definition) is 2. The Morgan fingerprint density at radius 3 is 2.68 bits per heavy atom. The van der Waals surface area contributed by atoms with Gasteiger partial charge in [0.15, 0.2) is 0 Å². The van der Waals surface area contributed by atoms with Crippen LogP contribution in [0, 0.1) is 0 Å². The van der Waals surface area contributed by atoms with Crippen LogP contribution in [0.3, 0.4) is 0 Å². The SMILES string of the molecule is O=C(Cc1ccccc1-c1cc(-c2ccncc2)cs1)NO. The number of carbonyl (C=O) groups excluding carboxylic acids is 1. The standard InChI is InChI=1S/C17H14N2O2S/c20-17(19-21)10-13-3-1-2-4-15(13)16-9-14(11-22-16)12-5-7-18-8-6-12/h1-9,11,21H,10H2,(H,19,20). The molecule has 22 heavy (non-hydrogen) atoms. The highest BCUT2D eigenvalue weighted by Gasteiger charge is 2.11. The maximum absolute atomic E-state index is 11.4. The van der Waals surface area contributed by atoms with Crippen molar-refractivity contribution in [2.24, 2.45) is 0 Å². The van der Waals surface area contributed by atoms with E-state index in [4.69, 9.17) is 5.21 Å². The zero-order valence-corrected chi connectivity index (χ0v) is 12.5. The summed E-state index contributed by atoms with van der Waals surface area (Å²) in [7, 11) is 0. The summed E-state index contributed by atoms with van der Waals surface area (Å²) in [6, 6.07) is 13.8. The summed E-state index contributed by atoms with van der Waals surface area (Å²) in [5.41, 5.74) is 5.82. The van der Waals surface area contributed by atoms with Crippen LogP contribution >= 0.6 is 11.3 Å². The van der Waals surface area contributed by atoms with Gasteiger partial charge >= 0.3 is 0 Å². The van der Waals surface area contributed by atoms with E-state index in [1.54, 1.807) is 29.2 Å². The van der Waals surface area contributed by atoms with Crippen LogP contribution in [0.2, 0.25) is 0 Å². The zero-order valence-electron chi connectivity index (χ0n) is 11.7. The van der Waals surface area contributed by atoms with Gasteiger partial charge < -0.3 is 0 Å². The average Bonchev–Trinajstić information content (AvgIpc) is 3.06. The van der Waals surface area contributed by atoms with E-state index in [9.17, 15) is 4.79 Å². The molecule has 1 amide bonds. The van der Waals surface area contributed by atoms with Crippen molar-refractivity contribution in [2.75, 3.05) is 0 Å². The predicted molar refractivity (Wildman–Crippen MR) is 86.6 cm³/mol. The van der Waals surface area contributed by atoms with Gasteiger partial charge in [0, 0.05) is 17.3 Å². The fraction of sp³-hybridized carbons (Fsp3) is 0.0588. The Morgan fingerprint density at radius 1 is 1.14 bits per heavy atom. The van der Waals surface area contributed by atoms with Crippen molar-refractivity contribution in [1.82, 2.24) is 10.5 Å². The van der Waals surface area contributed by atoms with E-state index in [-0.39, 0.29) is 6.42 Å². The molecule has 2 N–H and O–H groups in total. The first kappa shape index (κ1) is 14.4.